The topological polar surface area (TPSA) is 48.7 Å². The van der Waals surface area contributed by atoms with Crippen molar-refractivity contribution >= 4 is 5.91 Å². The number of carbonyl (C=O) groups excluding carboxylic acids is 1. The molecule has 2 heterocycles. The van der Waals surface area contributed by atoms with Crippen molar-refractivity contribution in [2.45, 2.75) is 6.54 Å². The molecule has 1 aromatic rings. The molecule has 0 bridgehead atoms. The molecule has 0 saturated carbocycles. The van der Waals surface area contributed by atoms with E-state index in [2.05, 4.69) is 5.32 Å². The molecule has 5 nitrogen and oxygen atoms in total. The first-order valence-electron chi connectivity index (χ1n) is 5.94. The van der Waals surface area contributed by atoms with Crippen molar-refractivity contribution in [1.82, 2.24) is 15.1 Å². The van der Waals surface area contributed by atoms with Crippen molar-refractivity contribution in [2.24, 2.45) is 0 Å². The summed E-state index contributed by atoms with van der Waals surface area (Å²) in [6, 6.07) is 1.92. The number of likely N-dealkylation sites (N-methyl/N-ethyl adjacent to an activating group) is 1. The molecule has 1 N–H and O–H groups in total. The van der Waals surface area contributed by atoms with Gasteiger partial charge in [-0.15, -0.1) is 0 Å². The molecule has 0 radical (unpaired) electrons. The summed E-state index contributed by atoms with van der Waals surface area (Å²) < 4.78 is 5.01. The molecule has 1 amide bonds. The fraction of sp³-hybridized carbons (Fsp3) is 0.583. The molecule has 0 unspecified atom stereocenters. The first-order valence-corrected chi connectivity index (χ1v) is 5.94. The van der Waals surface area contributed by atoms with Crippen LogP contribution in [0.2, 0.25) is 0 Å². The van der Waals surface area contributed by atoms with E-state index in [1.54, 1.807) is 12.5 Å². The Morgan fingerprint density at radius 3 is 2.94 bits per heavy atom. The first-order chi connectivity index (χ1) is 8.25. The van der Waals surface area contributed by atoms with Crippen molar-refractivity contribution in [2.75, 3.05) is 39.8 Å². The lowest BCUT2D eigenvalue weighted by molar-refractivity contribution is -0.132. The van der Waals surface area contributed by atoms with Crippen LogP contribution in [0.25, 0.3) is 0 Å². The normalized spacial score (nSPS) is 16.5. The van der Waals surface area contributed by atoms with Crippen molar-refractivity contribution in [3.8, 4) is 0 Å². The predicted molar refractivity (Wildman–Crippen MR) is 64.5 cm³/mol. The van der Waals surface area contributed by atoms with Gasteiger partial charge in [-0.2, -0.15) is 0 Å². The molecule has 94 valence electrons. The number of furan rings is 1. The van der Waals surface area contributed by atoms with Gasteiger partial charge < -0.3 is 14.6 Å². The summed E-state index contributed by atoms with van der Waals surface area (Å²) in [4.78, 5) is 15.9. The number of nitrogens with zero attached hydrogens (tertiary/aromatic N) is 2. The molecular weight excluding hydrogens is 218 g/mol. The number of rotatable bonds is 4. The van der Waals surface area contributed by atoms with Crippen LogP contribution in [-0.4, -0.2) is 55.5 Å². The Bertz CT molecular complexity index is 345. The standard InChI is InChI=1S/C12H19N3O2/c1-14(8-11-2-7-17-10-11)9-12(16)15-5-3-13-4-6-15/h2,7,10,13H,3-6,8-9H2,1H3. The summed E-state index contributed by atoms with van der Waals surface area (Å²) in [5.74, 6) is 0.206. The third-order valence-electron chi connectivity index (χ3n) is 2.91. The minimum atomic E-state index is 0.206. The van der Waals surface area contributed by atoms with Gasteiger partial charge in [0.1, 0.15) is 0 Å². The molecule has 1 aliphatic heterocycles. The Labute approximate surface area is 101 Å². The van der Waals surface area contributed by atoms with Crippen LogP contribution in [0.3, 0.4) is 0 Å². The average Bonchev–Trinajstić information content (AvgIpc) is 2.82. The van der Waals surface area contributed by atoms with Crippen molar-refractivity contribution in [3.05, 3.63) is 24.2 Å². The first kappa shape index (κ1) is 12.1. The van der Waals surface area contributed by atoms with Crippen LogP contribution >= 0.6 is 0 Å². The maximum Gasteiger partial charge on any atom is 0.236 e. The van der Waals surface area contributed by atoms with Gasteiger partial charge in [0, 0.05) is 38.3 Å². The number of hydrogen-bond acceptors (Lipinski definition) is 4. The maximum absolute atomic E-state index is 12.0. The van der Waals surface area contributed by atoms with Crippen LogP contribution in [0.4, 0.5) is 0 Å². The zero-order valence-corrected chi connectivity index (χ0v) is 10.2. The highest BCUT2D eigenvalue weighted by molar-refractivity contribution is 5.78. The van der Waals surface area contributed by atoms with Crippen LogP contribution in [0.15, 0.2) is 23.0 Å². The third kappa shape index (κ3) is 3.57. The van der Waals surface area contributed by atoms with Crippen molar-refractivity contribution in [1.29, 1.82) is 0 Å². The number of amides is 1. The van der Waals surface area contributed by atoms with Crippen molar-refractivity contribution < 1.29 is 9.21 Å². The molecular formula is C12H19N3O2. The number of piperazine rings is 1. The van der Waals surface area contributed by atoms with Gasteiger partial charge in [-0.3, -0.25) is 9.69 Å². The van der Waals surface area contributed by atoms with Gasteiger partial charge in [0.25, 0.3) is 0 Å². The lowest BCUT2D eigenvalue weighted by Gasteiger charge is -2.29. The molecule has 0 spiro atoms. The van der Waals surface area contributed by atoms with Crippen LogP contribution in [0.1, 0.15) is 5.56 Å². The molecule has 5 heteroatoms. The number of carbonyl (C=O) groups is 1. The summed E-state index contributed by atoms with van der Waals surface area (Å²) >= 11 is 0. The van der Waals surface area contributed by atoms with E-state index in [1.165, 1.54) is 0 Å². The summed E-state index contributed by atoms with van der Waals surface area (Å²) in [6.07, 6.45) is 3.37. The van der Waals surface area contributed by atoms with E-state index in [0.29, 0.717) is 6.54 Å². The monoisotopic (exact) mass is 237 g/mol. The van der Waals surface area contributed by atoms with Gasteiger partial charge >= 0.3 is 0 Å². The Hall–Kier alpha value is -1.33. The van der Waals surface area contributed by atoms with Crippen LogP contribution in [0, 0.1) is 0 Å². The van der Waals surface area contributed by atoms with Gasteiger partial charge in [-0.25, -0.2) is 0 Å². The Kier molecular flexibility index (Phi) is 4.17. The summed E-state index contributed by atoms with van der Waals surface area (Å²) in [5.41, 5.74) is 1.10. The number of hydrogen-bond donors (Lipinski definition) is 1. The molecule has 2 rings (SSSR count). The Morgan fingerprint density at radius 2 is 2.29 bits per heavy atom. The zero-order valence-electron chi connectivity index (χ0n) is 10.2. The fourth-order valence-corrected chi connectivity index (χ4v) is 2.00. The van der Waals surface area contributed by atoms with Crippen LogP contribution in [-0.2, 0) is 11.3 Å². The molecule has 0 atom stereocenters. The highest BCUT2D eigenvalue weighted by atomic mass is 16.3. The number of nitrogens with one attached hydrogen (secondary N) is 1. The summed E-state index contributed by atoms with van der Waals surface area (Å²) in [7, 11) is 1.95. The van der Waals surface area contributed by atoms with E-state index >= 15 is 0 Å². The molecule has 1 aromatic heterocycles. The highest BCUT2D eigenvalue weighted by Crippen LogP contribution is 2.04. The second-order valence-corrected chi connectivity index (χ2v) is 4.43. The minimum absolute atomic E-state index is 0.206. The summed E-state index contributed by atoms with van der Waals surface area (Å²) in [6.45, 7) is 4.64. The van der Waals surface area contributed by atoms with E-state index < -0.39 is 0 Å². The quantitative estimate of drug-likeness (QED) is 0.809. The lowest BCUT2D eigenvalue weighted by atomic mass is 10.3. The second kappa shape index (κ2) is 5.84. The molecule has 1 fully saturated rings. The van der Waals surface area contributed by atoms with E-state index in [4.69, 9.17) is 4.42 Å². The van der Waals surface area contributed by atoms with E-state index in [9.17, 15) is 4.79 Å². The fourth-order valence-electron chi connectivity index (χ4n) is 2.00. The van der Waals surface area contributed by atoms with E-state index in [-0.39, 0.29) is 5.91 Å². The molecule has 0 aliphatic carbocycles. The van der Waals surface area contributed by atoms with E-state index in [1.807, 2.05) is 22.9 Å². The van der Waals surface area contributed by atoms with Crippen LogP contribution in [0.5, 0.6) is 0 Å². The Morgan fingerprint density at radius 1 is 1.53 bits per heavy atom. The molecule has 1 saturated heterocycles. The summed E-state index contributed by atoms with van der Waals surface area (Å²) in [5, 5.41) is 3.24. The SMILES string of the molecule is CN(CC(=O)N1CCNCC1)Cc1ccoc1. The smallest absolute Gasteiger partial charge is 0.236 e. The lowest BCUT2D eigenvalue weighted by Crippen LogP contribution is -2.49. The van der Waals surface area contributed by atoms with Gasteiger partial charge in [-0.05, 0) is 13.1 Å². The van der Waals surface area contributed by atoms with Gasteiger partial charge in [-0.1, -0.05) is 0 Å². The Balaban J connectivity index is 1.77. The van der Waals surface area contributed by atoms with Gasteiger partial charge in [0.15, 0.2) is 0 Å². The van der Waals surface area contributed by atoms with Crippen LogP contribution < -0.4 is 5.32 Å². The maximum atomic E-state index is 12.0. The minimum Gasteiger partial charge on any atom is -0.472 e. The van der Waals surface area contributed by atoms with Gasteiger partial charge in [0.2, 0.25) is 5.91 Å². The third-order valence-corrected chi connectivity index (χ3v) is 2.91. The largest absolute Gasteiger partial charge is 0.472 e. The second-order valence-electron chi connectivity index (χ2n) is 4.43. The molecule has 0 aromatic carbocycles. The average molecular weight is 237 g/mol. The highest BCUT2D eigenvalue weighted by Gasteiger charge is 2.17. The zero-order chi connectivity index (χ0) is 12.1. The molecule has 1 aliphatic rings. The van der Waals surface area contributed by atoms with Gasteiger partial charge in [0.05, 0.1) is 19.1 Å². The molecule has 17 heavy (non-hydrogen) atoms. The predicted octanol–water partition coefficient (Wildman–Crippen LogP) is 0.143. The van der Waals surface area contributed by atoms with Crippen molar-refractivity contribution in [3.63, 3.8) is 0 Å². The van der Waals surface area contributed by atoms with E-state index in [0.717, 1.165) is 38.3 Å².